The van der Waals surface area contributed by atoms with Crippen molar-refractivity contribution in [2.24, 2.45) is 5.41 Å². The second-order valence-electron chi connectivity index (χ2n) is 8.20. The Morgan fingerprint density at radius 1 is 1.44 bits per heavy atom. The van der Waals surface area contributed by atoms with E-state index in [1.54, 1.807) is 0 Å². The Hall–Kier alpha value is -1.47. The number of carboxylic acid groups (broad SMARTS) is 1. The van der Waals surface area contributed by atoms with Crippen LogP contribution in [-0.2, 0) is 26.2 Å². The molecule has 6 nitrogen and oxygen atoms in total. The predicted octanol–water partition coefficient (Wildman–Crippen LogP) is 2.76. The smallest absolute Gasteiger partial charge is 0.330 e. The highest BCUT2D eigenvalue weighted by Crippen LogP contribution is 2.51. The van der Waals surface area contributed by atoms with Crippen molar-refractivity contribution in [3.63, 3.8) is 0 Å². The molecule has 7 heteroatoms. The molecule has 1 aromatic heterocycles. The lowest BCUT2D eigenvalue weighted by Crippen LogP contribution is -2.76. The van der Waals surface area contributed by atoms with Crippen LogP contribution in [0, 0.1) is 5.41 Å². The van der Waals surface area contributed by atoms with Crippen molar-refractivity contribution in [3.05, 3.63) is 16.1 Å². The molecule has 1 aliphatic carbocycles. The van der Waals surface area contributed by atoms with Crippen LogP contribution in [0.2, 0.25) is 0 Å². The summed E-state index contributed by atoms with van der Waals surface area (Å²) in [7, 11) is 0. The van der Waals surface area contributed by atoms with Crippen LogP contribution < -0.4 is 5.32 Å². The number of ether oxygens (including phenoxy) is 1. The topological polar surface area (TPSA) is 88.5 Å². The van der Waals surface area contributed by atoms with Gasteiger partial charge in [0.2, 0.25) is 5.91 Å². The van der Waals surface area contributed by atoms with Gasteiger partial charge in [0.05, 0.1) is 23.2 Å². The number of hydrogen-bond acceptors (Lipinski definition) is 5. The highest BCUT2D eigenvalue weighted by Gasteiger charge is 2.66. The van der Waals surface area contributed by atoms with Gasteiger partial charge in [0.25, 0.3) is 0 Å². The average molecular weight is 368 g/mol. The van der Waals surface area contributed by atoms with E-state index >= 15 is 0 Å². The lowest BCUT2D eigenvalue weighted by molar-refractivity contribution is -0.194. The molecule has 1 saturated carbocycles. The van der Waals surface area contributed by atoms with Crippen molar-refractivity contribution >= 4 is 23.2 Å². The molecule has 1 fully saturated rings. The Morgan fingerprint density at radius 3 is 2.52 bits per heavy atom. The molecule has 0 bridgehead atoms. The molecule has 2 N–H and O–H groups in total. The van der Waals surface area contributed by atoms with Crippen LogP contribution >= 0.6 is 11.3 Å². The molecule has 0 aromatic carbocycles. The van der Waals surface area contributed by atoms with Crippen molar-refractivity contribution in [2.45, 2.75) is 71.4 Å². The number of carboxylic acids is 1. The van der Waals surface area contributed by atoms with E-state index in [2.05, 4.69) is 31.1 Å². The molecule has 1 amide bonds. The van der Waals surface area contributed by atoms with Gasteiger partial charge in [0.1, 0.15) is 5.54 Å². The first kappa shape index (κ1) is 19.8. The summed E-state index contributed by atoms with van der Waals surface area (Å²) in [5.41, 5.74) is -1.37. The van der Waals surface area contributed by atoms with Gasteiger partial charge in [-0.1, -0.05) is 34.6 Å². The summed E-state index contributed by atoms with van der Waals surface area (Å²) in [5.74, 6) is -1.34. The fourth-order valence-corrected chi connectivity index (χ4v) is 4.12. The Kier molecular flexibility index (Phi) is 5.31. The molecule has 2 rings (SSSR count). The first-order valence-corrected chi connectivity index (χ1v) is 9.43. The third-order valence-electron chi connectivity index (χ3n) is 5.02. The summed E-state index contributed by atoms with van der Waals surface area (Å²) in [6, 6.07) is 0. The lowest BCUT2D eigenvalue weighted by atomic mass is 9.54. The quantitative estimate of drug-likeness (QED) is 0.806. The third-order valence-corrected chi connectivity index (χ3v) is 6.33. The zero-order valence-electron chi connectivity index (χ0n) is 15.8. The fraction of sp³-hybridized carbons (Fsp3) is 0.722. The van der Waals surface area contributed by atoms with Crippen LogP contribution in [-0.4, -0.2) is 40.2 Å². The fourth-order valence-electron chi connectivity index (χ4n) is 3.22. The SMILES string of the molecule is CCOC1CC(NC(=O)Cc2csc(C(C)(C)C)n2)(C(=O)O)C1(C)C. The Bertz CT molecular complexity index is 662. The number of nitrogens with one attached hydrogen (secondary N) is 1. The normalized spacial score (nSPS) is 25.3. The molecule has 1 heterocycles. The van der Waals surface area contributed by atoms with Crippen molar-refractivity contribution in [1.29, 1.82) is 0 Å². The van der Waals surface area contributed by atoms with Crippen LogP contribution in [0.5, 0.6) is 0 Å². The predicted molar refractivity (Wildman–Crippen MR) is 96.8 cm³/mol. The molecule has 0 spiro atoms. The van der Waals surface area contributed by atoms with E-state index in [0.717, 1.165) is 5.01 Å². The van der Waals surface area contributed by atoms with Gasteiger partial charge in [-0.15, -0.1) is 11.3 Å². The van der Waals surface area contributed by atoms with E-state index in [4.69, 9.17) is 4.74 Å². The van der Waals surface area contributed by atoms with E-state index in [-0.39, 0.29) is 30.3 Å². The molecule has 1 aliphatic rings. The molecule has 0 radical (unpaired) electrons. The number of carbonyl (C=O) groups is 2. The molecule has 140 valence electrons. The minimum Gasteiger partial charge on any atom is -0.479 e. The summed E-state index contributed by atoms with van der Waals surface area (Å²) in [4.78, 5) is 28.9. The van der Waals surface area contributed by atoms with Gasteiger partial charge < -0.3 is 15.2 Å². The van der Waals surface area contributed by atoms with Crippen LogP contribution in [0.4, 0.5) is 0 Å². The molecular formula is C18H28N2O4S. The highest BCUT2D eigenvalue weighted by atomic mass is 32.1. The van der Waals surface area contributed by atoms with E-state index in [1.807, 2.05) is 26.2 Å². The first-order chi connectivity index (χ1) is 11.4. The summed E-state index contributed by atoms with van der Waals surface area (Å²) in [6.45, 7) is 12.3. The summed E-state index contributed by atoms with van der Waals surface area (Å²) in [5, 5.41) is 15.3. The van der Waals surface area contributed by atoms with E-state index in [1.165, 1.54) is 11.3 Å². The number of aromatic nitrogens is 1. The van der Waals surface area contributed by atoms with E-state index < -0.39 is 16.9 Å². The monoisotopic (exact) mass is 368 g/mol. The maximum absolute atomic E-state index is 12.5. The molecule has 2 unspecified atom stereocenters. The highest BCUT2D eigenvalue weighted by molar-refractivity contribution is 7.09. The van der Waals surface area contributed by atoms with Gasteiger partial charge in [-0.2, -0.15) is 0 Å². The van der Waals surface area contributed by atoms with Crippen LogP contribution in [0.3, 0.4) is 0 Å². The molecule has 0 aliphatic heterocycles. The number of aliphatic carboxylic acids is 1. The summed E-state index contributed by atoms with van der Waals surface area (Å²) < 4.78 is 5.61. The van der Waals surface area contributed by atoms with E-state index in [0.29, 0.717) is 12.3 Å². The van der Waals surface area contributed by atoms with Crippen LogP contribution in [0.25, 0.3) is 0 Å². The van der Waals surface area contributed by atoms with Crippen LogP contribution in [0.1, 0.15) is 58.7 Å². The van der Waals surface area contributed by atoms with Crippen molar-refractivity contribution in [3.8, 4) is 0 Å². The third kappa shape index (κ3) is 3.58. The van der Waals surface area contributed by atoms with Gasteiger partial charge in [-0.25, -0.2) is 9.78 Å². The average Bonchev–Trinajstić information content (AvgIpc) is 2.94. The Morgan fingerprint density at radius 2 is 2.08 bits per heavy atom. The van der Waals surface area contributed by atoms with Gasteiger partial charge >= 0.3 is 5.97 Å². The van der Waals surface area contributed by atoms with E-state index in [9.17, 15) is 14.7 Å². The number of hydrogen-bond donors (Lipinski definition) is 2. The molecule has 2 atom stereocenters. The standard InChI is InChI=1S/C18H28N2O4S/c1-7-24-12-9-18(15(22)23,17(12,5)6)20-13(21)8-11-10-25-14(19-11)16(2,3)4/h10,12H,7-9H2,1-6H3,(H,20,21)(H,22,23). The minimum absolute atomic E-state index is 0.0671. The van der Waals surface area contributed by atoms with Crippen molar-refractivity contribution in [1.82, 2.24) is 10.3 Å². The number of nitrogens with zero attached hydrogens (tertiary/aromatic N) is 1. The second-order valence-corrected chi connectivity index (χ2v) is 9.06. The molecular weight excluding hydrogens is 340 g/mol. The second kappa shape index (κ2) is 6.68. The maximum Gasteiger partial charge on any atom is 0.330 e. The van der Waals surface area contributed by atoms with Crippen molar-refractivity contribution < 1.29 is 19.4 Å². The summed E-state index contributed by atoms with van der Waals surface area (Å²) >= 11 is 1.52. The van der Waals surface area contributed by atoms with Gasteiger partial charge in [0, 0.05) is 29.2 Å². The zero-order valence-corrected chi connectivity index (χ0v) is 16.6. The largest absolute Gasteiger partial charge is 0.479 e. The molecule has 1 aromatic rings. The maximum atomic E-state index is 12.5. The number of amides is 1. The Balaban J connectivity index is 2.10. The zero-order chi connectivity index (χ0) is 19.0. The first-order valence-electron chi connectivity index (χ1n) is 8.55. The Labute approximate surface area is 153 Å². The summed E-state index contributed by atoms with van der Waals surface area (Å²) in [6.07, 6.45) is 0.177. The molecule has 0 saturated heterocycles. The molecule has 25 heavy (non-hydrogen) atoms. The van der Waals surface area contributed by atoms with Crippen molar-refractivity contribution in [2.75, 3.05) is 6.61 Å². The number of thiazole rings is 1. The van der Waals surface area contributed by atoms with Gasteiger partial charge in [-0.3, -0.25) is 4.79 Å². The minimum atomic E-state index is -1.30. The van der Waals surface area contributed by atoms with Gasteiger partial charge in [0.15, 0.2) is 0 Å². The van der Waals surface area contributed by atoms with Gasteiger partial charge in [-0.05, 0) is 6.92 Å². The number of carbonyl (C=O) groups excluding carboxylic acids is 1. The number of rotatable bonds is 6. The van der Waals surface area contributed by atoms with Crippen LogP contribution in [0.15, 0.2) is 5.38 Å². The lowest BCUT2D eigenvalue weighted by Gasteiger charge is -2.58.